The molecule has 2 rings (SSSR count). The molecule has 19 heavy (non-hydrogen) atoms. The van der Waals surface area contributed by atoms with Gasteiger partial charge in [0.25, 0.3) is 0 Å². The first-order chi connectivity index (χ1) is 9.11. The highest BCUT2D eigenvalue weighted by molar-refractivity contribution is 9.11. The second kappa shape index (κ2) is 6.53. The summed E-state index contributed by atoms with van der Waals surface area (Å²) >= 11 is 7.02. The molecule has 2 nitrogen and oxygen atoms in total. The number of anilines is 1. The zero-order chi connectivity index (χ0) is 13.8. The van der Waals surface area contributed by atoms with Crippen LogP contribution in [0.15, 0.2) is 45.5 Å². The van der Waals surface area contributed by atoms with E-state index in [2.05, 4.69) is 79.9 Å². The zero-order valence-corrected chi connectivity index (χ0v) is 14.2. The second-order valence-electron chi connectivity index (χ2n) is 4.40. The van der Waals surface area contributed by atoms with Crippen LogP contribution in [0.25, 0.3) is 0 Å². The van der Waals surface area contributed by atoms with E-state index < -0.39 is 0 Å². The van der Waals surface area contributed by atoms with Gasteiger partial charge in [-0.25, -0.2) is 4.98 Å². The van der Waals surface area contributed by atoms with Gasteiger partial charge in [0.05, 0.1) is 4.47 Å². The molecule has 1 heterocycles. The van der Waals surface area contributed by atoms with Crippen molar-refractivity contribution in [3.8, 4) is 0 Å². The van der Waals surface area contributed by atoms with Crippen LogP contribution in [-0.2, 0) is 6.54 Å². The fourth-order valence-electron chi connectivity index (χ4n) is 1.97. The molecule has 0 spiro atoms. The average Bonchev–Trinajstić information content (AvgIpc) is 2.39. The normalized spacial score (nSPS) is 10.5. The molecular formula is C15H16Br2N2. The number of pyridine rings is 1. The van der Waals surface area contributed by atoms with Crippen molar-refractivity contribution in [1.29, 1.82) is 0 Å². The average molecular weight is 384 g/mol. The lowest BCUT2D eigenvalue weighted by molar-refractivity contribution is 0.806. The first kappa shape index (κ1) is 14.5. The molecule has 0 amide bonds. The summed E-state index contributed by atoms with van der Waals surface area (Å²) in [6.45, 7) is 6.08. The molecule has 0 unspecified atom stereocenters. The third-order valence-electron chi connectivity index (χ3n) is 3.09. The van der Waals surface area contributed by atoms with E-state index in [9.17, 15) is 0 Å². The number of aryl methyl sites for hydroxylation is 1. The van der Waals surface area contributed by atoms with Crippen molar-refractivity contribution >= 4 is 37.7 Å². The maximum Gasteiger partial charge on any atom is 0.143 e. The fourth-order valence-corrected chi connectivity index (χ4v) is 3.21. The van der Waals surface area contributed by atoms with Crippen molar-refractivity contribution in [3.05, 3.63) is 56.6 Å². The van der Waals surface area contributed by atoms with Crippen LogP contribution >= 0.6 is 31.9 Å². The molecule has 2 aromatic rings. The summed E-state index contributed by atoms with van der Waals surface area (Å²) in [5.41, 5.74) is 2.65. The lowest BCUT2D eigenvalue weighted by Crippen LogP contribution is -2.23. The first-order valence-electron chi connectivity index (χ1n) is 6.22. The van der Waals surface area contributed by atoms with Crippen LogP contribution in [0.2, 0.25) is 0 Å². The van der Waals surface area contributed by atoms with E-state index in [-0.39, 0.29) is 0 Å². The van der Waals surface area contributed by atoms with Gasteiger partial charge in [-0.3, -0.25) is 0 Å². The van der Waals surface area contributed by atoms with E-state index in [1.165, 1.54) is 11.1 Å². The second-order valence-corrected chi connectivity index (χ2v) is 6.17. The quantitative estimate of drug-likeness (QED) is 0.743. The molecule has 0 saturated heterocycles. The molecule has 1 aromatic carbocycles. The molecule has 1 aromatic heterocycles. The Morgan fingerprint density at radius 1 is 1.21 bits per heavy atom. The predicted octanol–water partition coefficient (Wildman–Crippen LogP) is 4.94. The van der Waals surface area contributed by atoms with Gasteiger partial charge in [0, 0.05) is 23.8 Å². The van der Waals surface area contributed by atoms with E-state index >= 15 is 0 Å². The van der Waals surface area contributed by atoms with Gasteiger partial charge < -0.3 is 4.90 Å². The van der Waals surface area contributed by atoms with Gasteiger partial charge in [-0.05, 0) is 62.9 Å². The highest BCUT2D eigenvalue weighted by Gasteiger charge is 2.11. The zero-order valence-electron chi connectivity index (χ0n) is 11.0. The fraction of sp³-hybridized carbons (Fsp3) is 0.267. The van der Waals surface area contributed by atoms with E-state index in [0.717, 1.165) is 27.9 Å². The summed E-state index contributed by atoms with van der Waals surface area (Å²) < 4.78 is 1.99. The Bertz CT molecular complexity index is 570. The predicted molar refractivity (Wildman–Crippen MR) is 87.5 cm³/mol. The number of benzene rings is 1. The third kappa shape index (κ3) is 3.57. The van der Waals surface area contributed by atoms with Crippen LogP contribution in [0.1, 0.15) is 18.1 Å². The smallest absolute Gasteiger partial charge is 0.143 e. The van der Waals surface area contributed by atoms with E-state index in [0.29, 0.717) is 0 Å². The van der Waals surface area contributed by atoms with Crippen LogP contribution in [0.4, 0.5) is 5.82 Å². The maximum absolute atomic E-state index is 4.51. The molecule has 0 radical (unpaired) electrons. The Hall–Kier alpha value is -0.870. The van der Waals surface area contributed by atoms with Gasteiger partial charge in [-0.15, -0.1) is 0 Å². The Morgan fingerprint density at radius 3 is 2.58 bits per heavy atom. The topological polar surface area (TPSA) is 16.1 Å². The van der Waals surface area contributed by atoms with Gasteiger partial charge in [0.15, 0.2) is 0 Å². The van der Waals surface area contributed by atoms with Gasteiger partial charge in [-0.2, -0.15) is 0 Å². The molecule has 0 N–H and O–H groups in total. The Balaban J connectivity index is 2.28. The van der Waals surface area contributed by atoms with E-state index in [4.69, 9.17) is 0 Å². The van der Waals surface area contributed by atoms with E-state index in [1.807, 2.05) is 12.3 Å². The highest BCUT2D eigenvalue weighted by atomic mass is 79.9. The number of rotatable bonds is 4. The summed E-state index contributed by atoms with van der Waals surface area (Å²) in [5.74, 6) is 0.981. The summed E-state index contributed by atoms with van der Waals surface area (Å²) in [5, 5.41) is 0. The standard InChI is InChI=1S/C15H16Br2N2/c1-3-19(10-12-7-5-4-6-11(12)2)15-14(17)8-13(16)9-18-15/h4-9H,3,10H2,1-2H3. The van der Waals surface area contributed by atoms with Gasteiger partial charge in [0.2, 0.25) is 0 Å². The molecule has 4 heteroatoms. The van der Waals surface area contributed by atoms with Crippen molar-refractivity contribution in [2.24, 2.45) is 0 Å². The minimum Gasteiger partial charge on any atom is -0.352 e. The molecule has 0 aliphatic heterocycles. The molecule has 0 saturated carbocycles. The molecule has 0 aliphatic carbocycles. The highest BCUT2D eigenvalue weighted by Crippen LogP contribution is 2.28. The van der Waals surface area contributed by atoms with Gasteiger partial charge >= 0.3 is 0 Å². The number of hydrogen-bond donors (Lipinski definition) is 0. The number of aromatic nitrogens is 1. The molecule has 0 aliphatic rings. The molecule has 0 atom stereocenters. The van der Waals surface area contributed by atoms with Crippen molar-refractivity contribution < 1.29 is 0 Å². The first-order valence-corrected chi connectivity index (χ1v) is 7.81. The Kier molecular flexibility index (Phi) is 4.99. The molecule has 100 valence electrons. The molecule has 0 bridgehead atoms. The van der Waals surface area contributed by atoms with Crippen molar-refractivity contribution in [2.75, 3.05) is 11.4 Å². The lowest BCUT2D eigenvalue weighted by Gasteiger charge is -2.24. The Morgan fingerprint density at radius 2 is 1.95 bits per heavy atom. The summed E-state index contributed by atoms with van der Waals surface area (Å²) in [4.78, 5) is 6.77. The summed E-state index contributed by atoms with van der Waals surface area (Å²) in [7, 11) is 0. The minimum absolute atomic E-state index is 0.871. The minimum atomic E-state index is 0.871. The van der Waals surface area contributed by atoms with Crippen LogP contribution in [0.3, 0.4) is 0 Å². The van der Waals surface area contributed by atoms with Crippen LogP contribution in [0, 0.1) is 6.92 Å². The molecular weight excluding hydrogens is 368 g/mol. The Labute approximate surface area is 131 Å². The van der Waals surface area contributed by atoms with Crippen LogP contribution in [-0.4, -0.2) is 11.5 Å². The van der Waals surface area contributed by atoms with Gasteiger partial charge in [0.1, 0.15) is 5.82 Å². The van der Waals surface area contributed by atoms with Crippen molar-refractivity contribution in [3.63, 3.8) is 0 Å². The van der Waals surface area contributed by atoms with Crippen LogP contribution < -0.4 is 4.90 Å². The number of halogens is 2. The van der Waals surface area contributed by atoms with Crippen molar-refractivity contribution in [1.82, 2.24) is 4.98 Å². The van der Waals surface area contributed by atoms with E-state index in [1.54, 1.807) is 0 Å². The monoisotopic (exact) mass is 382 g/mol. The molecule has 0 fully saturated rings. The largest absolute Gasteiger partial charge is 0.352 e. The summed E-state index contributed by atoms with van der Waals surface area (Å²) in [6, 6.07) is 10.5. The van der Waals surface area contributed by atoms with Gasteiger partial charge in [-0.1, -0.05) is 24.3 Å². The van der Waals surface area contributed by atoms with Crippen LogP contribution in [0.5, 0.6) is 0 Å². The number of nitrogens with zero attached hydrogens (tertiary/aromatic N) is 2. The van der Waals surface area contributed by atoms with Crippen molar-refractivity contribution in [2.45, 2.75) is 20.4 Å². The number of hydrogen-bond acceptors (Lipinski definition) is 2. The maximum atomic E-state index is 4.51. The third-order valence-corrected chi connectivity index (χ3v) is 4.11. The SMILES string of the molecule is CCN(Cc1ccccc1C)c1ncc(Br)cc1Br. The summed E-state index contributed by atoms with van der Waals surface area (Å²) in [6.07, 6.45) is 1.83. The lowest BCUT2D eigenvalue weighted by atomic mass is 10.1.